The van der Waals surface area contributed by atoms with Gasteiger partial charge in [-0.05, 0) is 60.7 Å². The lowest BCUT2D eigenvalue weighted by atomic mass is 10.1. The molecule has 0 aliphatic rings. The van der Waals surface area contributed by atoms with Crippen molar-refractivity contribution in [1.29, 1.82) is 0 Å². The zero-order valence-corrected chi connectivity index (χ0v) is 16.5. The summed E-state index contributed by atoms with van der Waals surface area (Å²) in [4.78, 5) is 0. The van der Waals surface area contributed by atoms with Gasteiger partial charge in [0.15, 0.2) is 0 Å². The van der Waals surface area contributed by atoms with Crippen molar-refractivity contribution in [1.82, 2.24) is 5.32 Å². The molecule has 0 bridgehead atoms. The Kier molecular flexibility index (Phi) is 7.32. The van der Waals surface area contributed by atoms with E-state index in [1.165, 1.54) is 11.1 Å². The van der Waals surface area contributed by atoms with Crippen LogP contribution in [0.4, 0.5) is 0 Å². The lowest BCUT2D eigenvalue weighted by molar-refractivity contribution is 0.306. The predicted octanol–water partition coefficient (Wildman–Crippen LogP) is 6.03. The fourth-order valence-electron chi connectivity index (χ4n) is 2.92. The number of nitrogens with one attached hydrogen (secondary N) is 1. The molecule has 2 nitrogen and oxygen atoms in total. The largest absolute Gasteiger partial charge is 0.489 e. The minimum absolute atomic E-state index is 0.476. The predicted molar refractivity (Wildman–Crippen MR) is 113 cm³/mol. The number of ether oxygens (including phenoxy) is 1. The molecule has 1 atom stereocenters. The second-order valence-corrected chi connectivity index (χ2v) is 7.31. The van der Waals surface area contributed by atoms with Crippen molar-refractivity contribution in [3.63, 3.8) is 0 Å². The first-order valence-corrected chi connectivity index (χ1v) is 9.80. The van der Waals surface area contributed by atoms with E-state index in [0.29, 0.717) is 12.6 Å². The van der Waals surface area contributed by atoms with Gasteiger partial charge in [0.05, 0.1) is 0 Å². The summed E-state index contributed by atoms with van der Waals surface area (Å²) >= 11 is 6.00. The van der Waals surface area contributed by atoms with Gasteiger partial charge in [0.25, 0.3) is 0 Å². The normalized spacial score (nSPS) is 11.9. The molecule has 0 fully saturated rings. The van der Waals surface area contributed by atoms with Crippen LogP contribution in [-0.4, -0.2) is 6.04 Å². The zero-order valence-electron chi connectivity index (χ0n) is 15.7. The van der Waals surface area contributed by atoms with Crippen LogP contribution < -0.4 is 10.1 Å². The molecule has 3 heteroatoms. The highest BCUT2D eigenvalue weighted by molar-refractivity contribution is 6.30. The Bertz CT molecular complexity index is 817. The van der Waals surface area contributed by atoms with E-state index in [1.54, 1.807) is 0 Å². The molecule has 3 aromatic carbocycles. The Hall–Kier alpha value is -2.29. The summed E-state index contributed by atoms with van der Waals surface area (Å²) in [6.07, 6.45) is 2.23. The number of hydrogen-bond donors (Lipinski definition) is 1. The van der Waals surface area contributed by atoms with Crippen molar-refractivity contribution >= 4 is 11.6 Å². The van der Waals surface area contributed by atoms with Crippen LogP contribution in [0.1, 0.15) is 30.0 Å². The lowest BCUT2D eigenvalue weighted by Crippen LogP contribution is -2.25. The van der Waals surface area contributed by atoms with E-state index in [4.69, 9.17) is 16.3 Å². The third kappa shape index (κ3) is 6.74. The van der Waals surface area contributed by atoms with Crippen molar-refractivity contribution in [3.05, 3.63) is 101 Å². The molecule has 0 aliphatic heterocycles. The monoisotopic (exact) mass is 379 g/mol. The van der Waals surface area contributed by atoms with Crippen molar-refractivity contribution in [2.75, 3.05) is 0 Å². The number of rotatable bonds is 9. The fraction of sp³-hybridized carbons (Fsp3) is 0.250. The first kappa shape index (κ1) is 19.5. The van der Waals surface area contributed by atoms with Crippen LogP contribution in [0.5, 0.6) is 5.75 Å². The van der Waals surface area contributed by atoms with Gasteiger partial charge in [0.1, 0.15) is 12.4 Å². The van der Waals surface area contributed by atoms with Gasteiger partial charge in [-0.25, -0.2) is 0 Å². The van der Waals surface area contributed by atoms with E-state index in [1.807, 2.05) is 36.4 Å². The average molecular weight is 380 g/mol. The summed E-state index contributed by atoms with van der Waals surface area (Å²) in [6.45, 7) is 3.63. The first-order chi connectivity index (χ1) is 13.2. The van der Waals surface area contributed by atoms with E-state index in [-0.39, 0.29) is 0 Å². The molecule has 1 N–H and O–H groups in total. The van der Waals surface area contributed by atoms with E-state index >= 15 is 0 Å². The van der Waals surface area contributed by atoms with Gasteiger partial charge in [-0.3, -0.25) is 0 Å². The highest BCUT2D eigenvalue weighted by Gasteiger charge is 2.03. The third-order valence-electron chi connectivity index (χ3n) is 4.58. The number of benzene rings is 3. The topological polar surface area (TPSA) is 21.3 Å². The van der Waals surface area contributed by atoms with Crippen LogP contribution in [0.2, 0.25) is 5.02 Å². The maximum absolute atomic E-state index is 6.00. The van der Waals surface area contributed by atoms with Crippen molar-refractivity contribution < 1.29 is 4.74 Å². The Morgan fingerprint density at radius 1 is 0.852 bits per heavy atom. The first-order valence-electron chi connectivity index (χ1n) is 9.42. The van der Waals surface area contributed by atoms with Gasteiger partial charge >= 0.3 is 0 Å². The van der Waals surface area contributed by atoms with Gasteiger partial charge in [0.2, 0.25) is 0 Å². The molecular weight excluding hydrogens is 354 g/mol. The van der Waals surface area contributed by atoms with Gasteiger partial charge < -0.3 is 10.1 Å². The van der Waals surface area contributed by atoms with E-state index in [0.717, 1.165) is 35.7 Å². The summed E-state index contributed by atoms with van der Waals surface area (Å²) in [5, 5.41) is 4.33. The van der Waals surface area contributed by atoms with Crippen LogP contribution in [0.15, 0.2) is 78.9 Å². The Balaban J connectivity index is 1.40. The molecule has 0 heterocycles. The molecular formula is C24H26ClNO. The van der Waals surface area contributed by atoms with E-state index in [9.17, 15) is 0 Å². The standard InChI is InChI=1S/C24H26ClNO/c1-19(10-11-20-6-3-2-4-7-20)26-17-21-12-14-24(15-13-21)27-18-22-8-5-9-23(25)16-22/h2-9,12-16,19,26H,10-11,17-18H2,1H3. The maximum Gasteiger partial charge on any atom is 0.119 e. The zero-order chi connectivity index (χ0) is 18.9. The molecule has 3 rings (SSSR count). The number of halogens is 1. The van der Waals surface area contributed by atoms with Gasteiger partial charge in [-0.15, -0.1) is 0 Å². The summed E-state index contributed by atoms with van der Waals surface area (Å²) < 4.78 is 5.84. The number of hydrogen-bond acceptors (Lipinski definition) is 2. The summed E-state index contributed by atoms with van der Waals surface area (Å²) in [7, 11) is 0. The Morgan fingerprint density at radius 3 is 2.33 bits per heavy atom. The molecule has 140 valence electrons. The molecule has 0 amide bonds. The second kappa shape index (κ2) is 10.1. The lowest BCUT2D eigenvalue weighted by Gasteiger charge is -2.14. The van der Waals surface area contributed by atoms with Gasteiger partial charge in [-0.2, -0.15) is 0 Å². The highest BCUT2D eigenvalue weighted by atomic mass is 35.5. The molecule has 0 radical (unpaired) electrons. The van der Waals surface area contributed by atoms with Crippen LogP contribution in [0.3, 0.4) is 0 Å². The molecule has 0 aromatic heterocycles. The van der Waals surface area contributed by atoms with Crippen LogP contribution in [0.25, 0.3) is 0 Å². The SMILES string of the molecule is CC(CCc1ccccc1)NCc1ccc(OCc2cccc(Cl)c2)cc1. The smallest absolute Gasteiger partial charge is 0.119 e. The van der Waals surface area contributed by atoms with Crippen molar-refractivity contribution in [2.45, 2.75) is 39.0 Å². The van der Waals surface area contributed by atoms with E-state index < -0.39 is 0 Å². The van der Waals surface area contributed by atoms with Crippen molar-refractivity contribution in [2.24, 2.45) is 0 Å². The van der Waals surface area contributed by atoms with Crippen molar-refractivity contribution in [3.8, 4) is 5.75 Å². The molecule has 1 unspecified atom stereocenters. The Morgan fingerprint density at radius 2 is 1.59 bits per heavy atom. The third-order valence-corrected chi connectivity index (χ3v) is 4.82. The summed E-state index contributed by atoms with van der Waals surface area (Å²) in [5.41, 5.74) is 3.73. The summed E-state index contributed by atoms with van der Waals surface area (Å²) in [5.74, 6) is 0.871. The minimum atomic E-state index is 0.476. The summed E-state index contributed by atoms with van der Waals surface area (Å²) in [6, 6.07) is 27.1. The van der Waals surface area contributed by atoms with Gasteiger partial charge in [-0.1, -0.05) is 66.2 Å². The highest BCUT2D eigenvalue weighted by Crippen LogP contribution is 2.16. The van der Waals surface area contributed by atoms with Gasteiger partial charge in [0, 0.05) is 17.6 Å². The molecule has 0 saturated carbocycles. The van der Waals surface area contributed by atoms with Crippen LogP contribution in [0, 0.1) is 0 Å². The van der Waals surface area contributed by atoms with Crippen LogP contribution in [-0.2, 0) is 19.6 Å². The Labute approximate surface area is 167 Å². The second-order valence-electron chi connectivity index (χ2n) is 6.87. The quantitative estimate of drug-likeness (QED) is 0.490. The number of aryl methyl sites for hydroxylation is 1. The molecule has 0 spiro atoms. The molecule has 3 aromatic rings. The fourth-order valence-corrected chi connectivity index (χ4v) is 3.13. The van der Waals surface area contributed by atoms with E-state index in [2.05, 4.69) is 54.7 Å². The molecule has 0 saturated heterocycles. The molecule has 0 aliphatic carbocycles. The van der Waals surface area contributed by atoms with Crippen LogP contribution >= 0.6 is 11.6 Å². The maximum atomic E-state index is 6.00. The molecule has 27 heavy (non-hydrogen) atoms. The minimum Gasteiger partial charge on any atom is -0.489 e. The average Bonchev–Trinajstić information content (AvgIpc) is 2.71.